The molecule has 100 valence electrons. The van der Waals surface area contributed by atoms with E-state index in [4.69, 9.17) is 10.4 Å². The SMILES string of the molecule is CC(C)N(CCC#N)C(=O)NC(=O)CCC(=O)O. The van der Waals surface area contributed by atoms with E-state index in [0.717, 1.165) is 0 Å². The average Bonchev–Trinajstić information content (AvgIpc) is 2.26. The number of amides is 3. The Kier molecular flexibility index (Phi) is 7.12. The molecule has 0 atom stereocenters. The Bertz CT molecular complexity index is 360. The van der Waals surface area contributed by atoms with Crippen molar-refractivity contribution in [1.29, 1.82) is 5.26 Å². The van der Waals surface area contributed by atoms with Crippen molar-refractivity contribution in [3.8, 4) is 6.07 Å². The lowest BCUT2D eigenvalue weighted by Crippen LogP contribution is -2.46. The summed E-state index contributed by atoms with van der Waals surface area (Å²) < 4.78 is 0. The van der Waals surface area contributed by atoms with Gasteiger partial charge in [-0.3, -0.25) is 14.9 Å². The summed E-state index contributed by atoms with van der Waals surface area (Å²) in [4.78, 5) is 34.6. The summed E-state index contributed by atoms with van der Waals surface area (Å²) in [6.45, 7) is 3.75. The number of imide groups is 1. The number of hydrogen-bond acceptors (Lipinski definition) is 4. The topological polar surface area (TPSA) is 111 Å². The summed E-state index contributed by atoms with van der Waals surface area (Å²) >= 11 is 0. The van der Waals surface area contributed by atoms with Crippen LogP contribution in [0.3, 0.4) is 0 Å². The van der Waals surface area contributed by atoms with Gasteiger partial charge in [0.25, 0.3) is 0 Å². The average molecular weight is 255 g/mol. The molecule has 0 spiro atoms. The smallest absolute Gasteiger partial charge is 0.324 e. The highest BCUT2D eigenvalue weighted by atomic mass is 16.4. The van der Waals surface area contributed by atoms with Crippen molar-refractivity contribution in [3.63, 3.8) is 0 Å². The van der Waals surface area contributed by atoms with Crippen LogP contribution in [0.2, 0.25) is 0 Å². The van der Waals surface area contributed by atoms with Gasteiger partial charge in [-0.25, -0.2) is 4.79 Å². The minimum Gasteiger partial charge on any atom is -0.481 e. The number of carbonyl (C=O) groups excluding carboxylic acids is 2. The highest BCUT2D eigenvalue weighted by Gasteiger charge is 2.18. The van der Waals surface area contributed by atoms with Gasteiger partial charge in [-0.05, 0) is 13.8 Å². The quantitative estimate of drug-likeness (QED) is 0.726. The van der Waals surface area contributed by atoms with Crippen molar-refractivity contribution in [2.45, 2.75) is 39.2 Å². The normalized spacial score (nSPS) is 9.67. The Morgan fingerprint density at radius 2 is 1.94 bits per heavy atom. The number of nitrogens with zero attached hydrogens (tertiary/aromatic N) is 2. The number of nitriles is 1. The fraction of sp³-hybridized carbons (Fsp3) is 0.636. The van der Waals surface area contributed by atoms with Crippen LogP contribution in [-0.4, -0.2) is 40.5 Å². The van der Waals surface area contributed by atoms with E-state index in [1.807, 2.05) is 6.07 Å². The fourth-order valence-corrected chi connectivity index (χ4v) is 1.24. The number of carboxylic acids is 1. The van der Waals surface area contributed by atoms with E-state index in [2.05, 4.69) is 5.32 Å². The molecular weight excluding hydrogens is 238 g/mol. The molecule has 0 rings (SSSR count). The third-order valence-corrected chi connectivity index (χ3v) is 2.16. The molecule has 18 heavy (non-hydrogen) atoms. The summed E-state index contributed by atoms with van der Waals surface area (Å²) in [6.07, 6.45) is -0.390. The van der Waals surface area contributed by atoms with E-state index in [-0.39, 0.29) is 31.8 Å². The molecule has 0 aliphatic rings. The Labute approximate surface area is 105 Å². The van der Waals surface area contributed by atoms with E-state index < -0.39 is 17.9 Å². The number of urea groups is 1. The number of nitrogens with one attached hydrogen (secondary N) is 1. The molecule has 0 heterocycles. The molecule has 0 bridgehead atoms. The van der Waals surface area contributed by atoms with Gasteiger partial charge in [0.05, 0.1) is 18.9 Å². The number of rotatable bonds is 6. The van der Waals surface area contributed by atoms with Gasteiger partial charge in [-0.15, -0.1) is 0 Å². The van der Waals surface area contributed by atoms with Crippen LogP contribution >= 0.6 is 0 Å². The molecule has 7 nitrogen and oxygen atoms in total. The van der Waals surface area contributed by atoms with Gasteiger partial charge in [0.15, 0.2) is 0 Å². The standard InChI is InChI=1S/C11H17N3O4/c1-8(2)14(7-3-6-12)11(18)13-9(15)4-5-10(16)17/h8H,3-5,7H2,1-2H3,(H,16,17)(H,13,15,18). The van der Waals surface area contributed by atoms with Gasteiger partial charge in [-0.2, -0.15) is 5.26 Å². The van der Waals surface area contributed by atoms with Crippen molar-refractivity contribution < 1.29 is 19.5 Å². The third-order valence-electron chi connectivity index (χ3n) is 2.16. The van der Waals surface area contributed by atoms with Crippen molar-refractivity contribution in [1.82, 2.24) is 10.2 Å². The first-order valence-electron chi connectivity index (χ1n) is 5.57. The van der Waals surface area contributed by atoms with E-state index in [1.165, 1.54) is 4.90 Å². The second-order valence-electron chi connectivity index (χ2n) is 3.94. The Morgan fingerprint density at radius 3 is 2.39 bits per heavy atom. The Hall–Kier alpha value is -2.10. The van der Waals surface area contributed by atoms with Crippen LogP contribution < -0.4 is 5.32 Å². The van der Waals surface area contributed by atoms with Crippen LogP contribution in [0.25, 0.3) is 0 Å². The maximum atomic E-state index is 11.7. The summed E-state index contributed by atoms with van der Waals surface area (Å²) in [5, 5.41) is 19.0. The lowest BCUT2D eigenvalue weighted by atomic mass is 10.3. The number of hydrogen-bond donors (Lipinski definition) is 2. The second kappa shape index (κ2) is 8.06. The first kappa shape index (κ1) is 15.9. The molecule has 0 unspecified atom stereocenters. The molecule has 0 saturated carbocycles. The third kappa shape index (κ3) is 6.48. The predicted octanol–water partition coefficient (Wildman–Crippen LogP) is 0.711. The monoisotopic (exact) mass is 255 g/mol. The minimum atomic E-state index is -1.09. The number of carbonyl (C=O) groups is 3. The van der Waals surface area contributed by atoms with Gasteiger partial charge in [0, 0.05) is 19.0 Å². The summed E-state index contributed by atoms with van der Waals surface area (Å²) in [7, 11) is 0. The van der Waals surface area contributed by atoms with Crippen molar-refractivity contribution in [2.75, 3.05) is 6.54 Å². The van der Waals surface area contributed by atoms with E-state index in [0.29, 0.717) is 0 Å². The number of aliphatic carboxylic acids is 1. The first-order valence-corrected chi connectivity index (χ1v) is 5.57. The largest absolute Gasteiger partial charge is 0.481 e. The molecule has 7 heteroatoms. The molecule has 0 saturated heterocycles. The molecule has 3 amide bonds. The van der Waals surface area contributed by atoms with E-state index >= 15 is 0 Å². The fourth-order valence-electron chi connectivity index (χ4n) is 1.24. The van der Waals surface area contributed by atoms with Gasteiger partial charge in [0.1, 0.15) is 0 Å². The molecule has 0 aromatic carbocycles. The molecule has 0 aliphatic heterocycles. The maximum absolute atomic E-state index is 11.7. The lowest BCUT2D eigenvalue weighted by molar-refractivity contribution is -0.138. The molecule has 0 fully saturated rings. The lowest BCUT2D eigenvalue weighted by Gasteiger charge is -2.25. The number of carboxylic acid groups (broad SMARTS) is 1. The molecule has 0 aromatic rings. The zero-order valence-electron chi connectivity index (χ0n) is 10.5. The molecule has 2 N–H and O–H groups in total. The van der Waals surface area contributed by atoms with Crippen LogP contribution in [0.4, 0.5) is 4.79 Å². The van der Waals surface area contributed by atoms with Crippen molar-refractivity contribution in [3.05, 3.63) is 0 Å². The van der Waals surface area contributed by atoms with E-state index in [1.54, 1.807) is 13.8 Å². The van der Waals surface area contributed by atoms with Crippen LogP contribution in [0, 0.1) is 11.3 Å². The minimum absolute atomic E-state index is 0.148. The van der Waals surface area contributed by atoms with Crippen molar-refractivity contribution in [2.24, 2.45) is 0 Å². The molecule has 0 aromatic heterocycles. The van der Waals surface area contributed by atoms with E-state index in [9.17, 15) is 14.4 Å². The zero-order valence-corrected chi connectivity index (χ0v) is 10.5. The highest BCUT2D eigenvalue weighted by Crippen LogP contribution is 2.01. The van der Waals surface area contributed by atoms with Gasteiger partial charge in [0.2, 0.25) is 5.91 Å². The molecule has 0 aliphatic carbocycles. The van der Waals surface area contributed by atoms with Gasteiger partial charge < -0.3 is 10.0 Å². The summed E-state index contributed by atoms with van der Waals surface area (Å²) in [5.74, 6) is -1.73. The first-order chi connectivity index (χ1) is 8.38. The van der Waals surface area contributed by atoms with Crippen LogP contribution in [0.5, 0.6) is 0 Å². The van der Waals surface area contributed by atoms with Crippen LogP contribution in [-0.2, 0) is 9.59 Å². The maximum Gasteiger partial charge on any atom is 0.324 e. The van der Waals surface area contributed by atoms with Crippen LogP contribution in [0.1, 0.15) is 33.1 Å². The Morgan fingerprint density at radius 1 is 1.33 bits per heavy atom. The summed E-state index contributed by atoms with van der Waals surface area (Å²) in [6, 6.07) is 1.17. The van der Waals surface area contributed by atoms with Gasteiger partial charge in [-0.1, -0.05) is 0 Å². The molecular formula is C11H17N3O4. The highest BCUT2D eigenvalue weighted by molar-refractivity contribution is 5.95. The summed E-state index contributed by atoms with van der Waals surface area (Å²) in [5.41, 5.74) is 0. The Balaban J connectivity index is 4.29. The second-order valence-corrected chi connectivity index (χ2v) is 3.94. The zero-order chi connectivity index (χ0) is 14.1. The van der Waals surface area contributed by atoms with Crippen molar-refractivity contribution >= 4 is 17.9 Å². The van der Waals surface area contributed by atoms with Gasteiger partial charge >= 0.3 is 12.0 Å². The van der Waals surface area contributed by atoms with Crippen LogP contribution in [0.15, 0.2) is 0 Å². The predicted molar refractivity (Wildman–Crippen MR) is 62.5 cm³/mol. The molecule has 0 radical (unpaired) electrons.